The molecule has 29 heavy (non-hydrogen) atoms. The van der Waals surface area contributed by atoms with Gasteiger partial charge in [-0.3, -0.25) is 4.79 Å². The maximum Gasteiger partial charge on any atom is 0.351 e. The molecule has 4 rings (SSSR count). The zero-order chi connectivity index (χ0) is 20.2. The third-order valence-electron chi connectivity index (χ3n) is 4.59. The third-order valence-corrected chi connectivity index (χ3v) is 4.59. The predicted octanol–water partition coefficient (Wildman–Crippen LogP) is 2.79. The fraction of sp³-hybridized carbons (Fsp3) is 0.136. The lowest BCUT2D eigenvalue weighted by atomic mass is 10.1. The number of amides is 1. The summed E-state index contributed by atoms with van der Waals surface area (Å²) < 4.78 is 10.1. The van der Waals surface area contributed by atoms with Gasteiger partial charge in [-0.25, -0.2) is 9.59 Å². The molecule has 0 radical (unpaired) electrons. The second-order valence-electron chi connectivity index (χ2n) is 6.52. The fourth-order valence-electron chi connectivity index (χ4n) is 3.14. The van der Waals surface area contributed by atoms with Crippen LogP contribution in [0.1, 0.15) is 15.9 Å². The Bertz CT molecular complexity index is 1250. The van der Waals surface area contributed by atoms with Gasteiger partial charge in [0.2, 0.25) is 0 Å². The van der Waals surface area contributed by atoms with Gasteiger partial charge in [-0.2, -0.15) is 0 Å². The Hall–Kier alpha value is -3.87. The summed E-state index contributed by atoms with van der Waals surface area (Å²) in [7, 11) is 0. The molecule has 0 aliphatic heterocycles. The minimum Gasteiger partial charge on any atom is -0.452 e. The van der Waals surface area contributed by atoms with E-state index in [0.717, 1.165) is 16.5 Å². The van der Waals surface area contributed by atoms with E-state index in [1.165, 1.54) is 6.07 Å². The summed E-state index contributed by atoms with van der Waals surface area (Å²) in [5.74, 6) is -1.33. The lowest BCUT2D eigenvalue weighted by molar-refractivity contribution is -0.124. The quantitative estimate of drug-likeness (QED) is 0.389. The van der Waals surface area contributed by atoms with Gasteiger partial charge in [0, 0.05) is 29.0 Å². The van der Waals surface area contributed by atoms with Crippen molar-refractivity contribution in [2.24, 2.45) is 0 Å². The molecule has 2 heterocycles. The van der Waals surface area contributed by atoms with Crippen LogP contribution in [0.25, 0.3) is 21.9 Å². The van der Waals surface area contributed by atoms with E-state index in [4.69, 9.17) is 9.15 Å². The molecule has 4 aromatic rings. The predicted molar refractivity (Wildman–Crippen MR) is 108 cm³/mol. The largest absolute Gasteiger partial charge is 0.452 e. The molecule has 2 N–H and O–H groups in total. The van der Waals surface area contributed by atoms with E-state index in [1.807, 2.05) is 30.5 Å². The summed E-state index contributed by atoms with van der Waals surface area (Å²) in [5, 5.41) is 4.41. The Balaban J connectivity index is 1.31. The molecule has 0 aliphatic rings. The van der Waals surface area contributed by atoms with Crippen LogP contribution in [0.15, 0.2) is 70.0 Å². The topological polar surface area (TPSA) is 101 Å². The average Bonchev–Trinajstić information content (AvgIpc) is 3.15. The summed E-state index contributed by atoms with van der Waals surface area (Å²) in [6, 6.07) is 16.1. The highest BCUT2D eigenvalue weighted by Gasteiger charge is 2.16. The molecule has 0 unspecified atom stereocenters. The van der Waals surface area contributed by atoms with Gasteiger partial charge in [-0.1, -0.05) is 36.4 Å². The Morgan fingerprint density at radius 3 is 2.76 bits per heavy atom. The Labute approximate surface area is 165 Å². The number of nitrogens with one attached hydrogen (secondary N) is 2. The lowest BCUT2D eigenvalue weighted by Crippen LogP contribution is -2.31. The van der Waals surface area contributed by atoms with Gasteiger partial charge < -0.3 is 19.5 Å². The van der Waals surface area contributed by atoms with E-state index >= 15 is 0 Å². The van der Waals surface area contributed by atoms with Crippen molar-refractivity contribution in [1.29, 1.82) is 0 Å². The van der Waals surface area contributed by atoms with Gasteiger partial charge in [0.25, 0.3) is 5.91 Å². The summed E-state index contributed by atoms with van der Waals surface area (Å²) in [5.41, 5.74) is 1.47. The van der Waals surface area contributed by atoms with Crippen molar-refractivity contribution in [2.45, 2.75) is 6.42 Å². The van der Waals surface area contributed by atoms with E-state index in [2.05, 4.69) is 10.3 Å². The number of H-pyrrole nitrogens is 1. The molecule has 0 aliphatic carbocycles. The number of benzene rings is 2. The number of ether oxygens (including phenoxy) is 1. The Morgan fingerprint density at radius 2 is 1.86 bits per heavy atom. The molecule has 2 aromatic carbocycles. The fourth-order valence-corrected chi connectivity index (χ4v) is 3.14. The standard InChI is InChI=1S/C22H18N2O5/c25-20(23-10-9-15-12-24-18-7-3-2-6-16(15)18)13-28-21(26)17-11-14-5-1-4-8-19(14)29-22(17)27/h1-8,11-12,24H,9-10,13H2,(H,23,25). The minimum atomic E-state index is -0.892. The first-order valence-electron chi connectivity index (χ1n) is 9.13. The highest BCUT2D eigenvalue weighted by molar-refractivity contribution is 5.94. The summed E-state index contributed by atoms with van der Waals surface area (Å²) >= 11 is 0. The first-order valence-corrected chi connectivity index (χ1v) is 9.13. The van der Waals surface area contributed by atoms with Crippen molar-refractivity contribution in [3.05, 3.63) is 82.3 Å². The van der Waals surface area contributed by atoms with E-state index in [9.17, 15) is 14.4 Å². The number of carbonyl (C=O) groups excluding carboxylic acids is 2. The number of esters is 1. The van der Waals surface area contributed by atoms with Crippen LogP contribution in [-0.2, 0) is 16.0 Å². The molecular weight excluding hydrogens is 372 g/mol. The van der Waals surface area contributed by atoms with Crippen molar-refractivity contribution < 1.29 is 18.7 Å². The first-order chi connectivity index (χ1) is 14.1. The second kappa shape index (κ2) is 8.02. The highest BCUT2D eigenvalue weighted by atomic mass is 16.5. The molecule has 7 heteroatoms. The molecule has 2 aromatic heterocycles. The number of hydrogen-bond acceptors (Lipinski definition) is 5. The normalized spacial score (nSPS) is 10.9. The van der Waals surface area contributed by atoms with Crippen molar-refractivity contribution in [3.63, 3.8) is 0 Å². The van der Waals surface area contributed by atoms with Crippen LogP contribution < -0.4 is 10.9 Å². The van der Waals surface area contributed by atoms with Crippen LogP contribution in [-0.4, -0.2) is 30.0 Å². The maximum absolute atomic E-state index is 12.2. The average molecular weight is 390 g/mol. The molecule has 7 nitrogen and oxygen atoms in total. The van der Waals surface area contributed by atoms with Gasteiger partial charge in [0.1, 0.15) is 11.1 Å². The summed E-state index contributed by atoms with van der Waals surface area (Å²) in [6.07, 6.45) is 2.55. The Kier molecular flexibility index (Phi) is 5.11. The van der Waals surface area contributed by atoms with Gasteiger partial charge >= 0.3 is 11.6 Å². The molecule has 0 spiro atoms. The number of rotatable bonds is 6. The van der Waals surface area contributed by atoms with Crippen LogP contribution in [0.3, 0.4) is 0 Å². The van der Waals surface area contributed by atoms with Gasteiger partial charge in [0.15, 0.2) is 6.61 Å². The van der Waals surface area contributed by atoms with Crippen molar-refractivity contribution in [3.8, 4) is 0 Å². The summed E-state index contributed by atoms with van der Waals surface area (Å²) in [4.78, 5) is 39.3. The zero-order valence-electron chi connectivity index (χ0n) is 15.4. The second-order valence-corrected chi connectivity index (χ2v) is 6.52. The van der Waals surface area contributed by atoms with Gasteiger partial charge in [-0.05, 0) is 30.2 Å². The molecule has 0 saturated heterocycles. The number of para-hydroxylation sites is 2. The van der Waals surface area contributed by atoms with Crippen molar-refractivity contribution in [2.75, 3.05) is 13.2 Å². The number of aromatic amines is 1. The molecule has 0 fully saturated rings. The minimum absolute atomic E-state index is 0.240. The third kappa shape index (κ3) is 4.03. The van der Waals surface area contributed by atoms with E-state index in [1.54, 1.807) is 24.3 Å². The molecule has 1 amide bonds. The molecular formula is C22H18N2O5. The number of fused-ring (bicyclic) bond motifs is 2. The van der Waals surface area contributed by atoms with Crippen LogP contribution in [0.2, 0.25) is 0 Å². The number of aromatic nitrogens is 1. The monoisotopic (exact) mass is 390 g/mol. The SMILES string of the molecule is O=C(COC(=O)c1cc2ccccc2oc1=O)NCCc1c[nH]c2ccccc12. The molecule has 146 valence electrons. The molecule has 0 atom stereocenters. The van der Waals surface area contributed by atoms with E-state index < -0.39 is 24.1 Å². The number of hydrogen-bond donors (Lipinski definition) is 2. The molecule has 0 saturated carbocycles. The first kappa shape index (κ1) is 18.5. The van der Waals surface area contributed by atoms with Crippen molar-refractivity contribution >= 4 is 33.7 Å². The molecule has 0 bridgehead atoms. The zero-order valence-corrected chi connectivity index (χ0v) is 15.4. The van der Waals surface area contributed by atoms with E-state index in [0.29, 0.717) is 23.9 Å². The highest BCUT2D eigenvalue weighted by Crippen LogP contribution is 2.17. The van der Waals surface area contributed by atoms with Gasteiger partial charge in [-0.15, -0.1) is 0 Å². The number of carbonyl (C=O) groups is 2. The van der Waals surface area contributed by atoms with Crippen LogP contribution in [0.5, 0.6) is 0 Å². The van der Waals surface area contributed by atoms with E-state index in [-0.39, 0.29) is 5.56 Å². The lowest BCUT2D eigenvalue weighted by Gasteiger charge is -2.06. The van der Waals surface area contributed by atoms with Crippen LogP contribution in [0.4, 0.5) is 0 Å². The maximum atomic E-state index is 12.2. The summed E-state index contributed by atoms with van der Waals surface area (Å²) in [6.45, 7) is -0.0741. The smallest absolute Gasteiger partial charge is 0.351 e. The van der Waals surface area contributed by atoms with Crippen LogP contribution >= 0.6 is 0 Å². The van der Waals surface area contributed by atoms with Crippen LogP contribution in [0, 0.1) is 0 Å². The van der Waals surface area contributed by atoms with Gasteiger partial charge in [0.05, 0.1) is 0 Å². The van der Waals surface area contributed by atoms with Crippen molar-refractivity contribution in [1.82, 2.24) is 10.3 Å². The Morgan fingerprint density at radius 1 is 1.07 bits per heavy atom.